The van der Waals surface area contributed by atoms with Crippen molar-refractivity contribution in [3.05, 3.63) is 58.3 Å². The van der Waals surface area contributed by atoms with E-state index in [2.05, 4.69) is 14.8 Å². The zero-order chi connectivity index (χ0) is 18.6. The highest BCUT2D eigenvalue weighted by atomic mass is 32.2. The molecule has 4 rings (SSSR count). The van der Waals surface area contributed by atoms with Gasteiger partial charge in [0.05, 0.1) is 11.2 Å². The van der Waals surface area contributed by atoms with Crippen LogP contribution in [0.3, 0.4) is 0 Å². The van der Waals surface area contributed by atoms with E-state index in [9.17, 15) is 10.1 Å². The third-order valence-corrected chi connectivity index (χ3v) is 5.88. The van der Waals surface area contributed by atoms with E-state index in [1.54, 1.807) is 30.2 Å². The second-order valence-electron chi connectivity index (χ2n) is 6.66. The molecule has 1 fully saturated rings. The summed E-state index contributed by atoms with van der Waals surface area (Å²) in [4.78, 5) is 10.4. The molecule has 3 aromatic rings. The molecule has 0 spiro atoms. The minimum absolute atomic E-state index is 0.106. The molecular weight excluding hydrogens is 364 g/mol. The Morgan fingerprint density at radius 3 is 2.59 bits per heavy atom. The second-order valence-corrected chi connectivity index (χ2v) is 7.60. The van der Waals surface area contributed by atoms with E-state index < -0.39 is 0 Å². The van der Waals surface area contributed by atoms with Gasteiger partial charge in [0.1, 0.15) is 0 Å². The van der Waals surface area contributed by atoms with Gasteiger partial charge < -0.3 is 4.42 Å². The van der Waals surface area contributed by atoms with E-state index in [1.165, 1.54) is 31.4 Å². The van der Waals surface area contributed by atoms with Gasteiger partial charge in [0, 0.05) is 23.9 Å². The molecule has 0 unspecified atom stereocenters. The molecule has 1 aromatic carbocycles. The molecule has 0 saturated heterocycles. The van der Waals surface area contributed by atoms with Crippen LogP contribution in [0.1, 0.15) is 43.7 Å². The first-order chi connectivity index (χ1) is 13.2. The molecule has 2 aromatic heterocycles. The molecular formula is C19H20N4O3S. The van der Waals surface area contributed by atoms with Gasteiger partial charge in [-0.3, -0.25) is 14.7 Å². The van der Waals surface area contributed by atoms with Crippen molar-refractivity contribution in [1.29, 1.82) is 0 Å². The van der Waals surface area contributed by atoms with Crippen LogP contribution in [0.2, 0.25) is 0 Å². The van der Waals surface area contributed by atoms with Crippen LogP contribution in [0, 0.1) is 10.1 Å². The van der Waals surface area contributed by atoms with Crippen LogP contribution in [0.15, 0.2) is 52.2 Å². The predicted octanol–water partition coefficient (Wildman–Crippen LogP) is 5.24. The summed E-state index contributed by atoms with van der Waals surface area (Å²) in [6, 6.07) is 10.8. The molecule has 0 radical (unpaired) electrons. The molecule has 8 heteroatoms. The minimum Gasteiger partial charge on any atom is -0.461 e. The number of nitro groups is 1. The third-order valence-electron chi connectivity index (χ3n) is 4.86. The van der Waals surface area contributed by atoms with E-state index >= 15 is 0 Å². The first-order valence-corrected chi connectivity index (χ1v) is 10.1. The second kappa shape index (κ2) is 7.96. The van der Waals surface area contributed by atoms with Crippen molar-refractivity contribution in [3.8, 4) is 11.6 Å². The summed E-state index contributed by atoms with van der Waals surface area (Å²) < 4.78 is 7.78. The monoisotopic (exact) mass is 384 g/mol. The van der Waals surface area contributed by atoms with Crippen LogP contribution in [-0.4, -0.2) is 19.7 Å². The standard InChI is InChI=1S/C19H20N4O3S/c24-23(25)16-10-8-14(9-11-16)13-27-19-21-20-18(17-7-4-12-26-17)22(19)15-5-2-1-3-6-15/h4,7-12,15H,1-3,5-6,13H2. The van der Waals surface area contributed by atoms with Gasteiger partial charge in [-0.2, -0.15) is 0 Å². The van der Waals surface area contributed by atoms with Crippen LogP contribution >= 0.6 is 11.8 Å². The molecule has 1 aliphatic rings. The van der Waals surface area contributed by atoms with Crippen molar-refractivity contribution in [2.75, 3.05) is 0 Å². The molecule has 1 aliphatic carbocycles. The summed E-state index contributed by atoms with van der Waals surface area (Å²) in [6.07, 6.45) is 7.60. The molecule has 0 amide bonds. The highest BCUT2D eigenvalue weighted by molar-refractivity contribution is 7.98. The number of hydrogen-bond donors (Lipinski definition) is 0. The third kappa shape index (κ3) is 3.90. The lowest BCUT2D eigenvalue weighted by Gasteiger charge is -2.25. The summed E-state index contributed by atoms with van der Waals surface area (Å²) in [6.45, 7) is 0. The van der Waals surface area contributed by atoms with E-state index in [4.69, 9.17) is 4.42 Å². The number of furan rings is 1. The first-order valence-electron chi connectivity index (χ1n) is 9.07. The number of nitro benzene ring substituents is 1. The maximum atomic E-state index is 10.8. The number of thioether (sulfide) groups is 1. The molecule has 0 N–H and O–H groups in total. The molecule has 7 nitrogen and oxygen atoms in total. The molecule has 0 aliphatic heterocycles. The topological polar surface area (TPSA) is 87.0 Å². The van der Waals surface area contributed by atoms with Crippen molar-refractivity contribution in [2.24, 2.45) is 0 Å². The predicted molar refractivity (Wildman–Crippen MR) is 103 cm³/mol. The lowest BCUT2D eigenvalue weighted by atomic mass is 9.95. The van der Waals surface area contributed by atoms with E-state index in [0.717, 1.165) is 35.1 Å². The van der Waals surface area contributed by atoms with Crippen molar-refractivity contribution in [2.45, 2.75) is 49.1 Å². The van der Waals surface area contributed by atoms with E-state index in [1.807, 2.05) is 12.1 Å². The maximum Gasteiger partial charge on any atom is 0.269 e. The van der Waals surface area contributed by atoms with Gasteiger partial charge in [-0.05, 0) is 30.5 Å². The van der Waals surface area contributed by atoms with Gasteiger partial charge in [-0.15, -0.1) is 10.2 Å². The Morgan fingerprint density at radius 1 is 1.15 bits per heavy atom. The number of non-ortho nitro benzene ring substituents is 1. The van der Waals surface area contributed by atoms with Crippen LogP contribution in [0.4, 0.5) is 5.69 Å². The normalized spacial score (nSPS) is 15.1. The van der Waals surface area contributed by atoms with Crippen molar-refractivity contribution >= 4 is 17.4 Å². The van der Waals surface area contributed by atoms with Gasteiger partial charge in [-0.25, -0.2) is 0 Å². The average molecular weight is 384 g/mol. The molecule has 0 atom stereocenters. The van der Waals surface area contributed by atoms with Crippen LogP contribution in [0.5, 0.6) is 0 Å². The lowest BCUT2D eigenvalue weighted by molar-refractivity contribution is -0.384. The van der Waals surface area contributed by atoms with Crippen LogP contribution in [0.25, 0.3) is 11.6 Å². The number of benzene rings is 1. The lowest BCUT2D eigenvalue weighted by Crippen LogP contribution is -2.15. The number of rotatable bonds is 6. The molecule has 2 heterocycles. The summed E-state index contributed by atoms with van der Waals surface area (Å²) in [5.41, 5.74) is 1.12. The SMILES string of the molecule is O=[N+]([O-])c1ccc(CSc2nnc(-c3ccco3)n2C2CCCCC2)cc1. The zero-order valence-electron chi connectivity index (χ0n) is 14.8. The fourth-order valence-corrected chi connectivity index (χ4v) is 4.44. The Morgan fingerprint density at radius 2 is 1.93 bits per heavy atom. The Kier molecular flexibility index (Phi) is 5.24. The average Bonchev–Trinajstić information content (AvgIpc) is 3.37. The van der Waals surface area contributed by atoms with Crippen LogP contribution in [-0.2, 0) is 5.75 Å². The number of hydrogen-bond acceptors (Lipinski definition) is 6. The fraction of sp³-hybridized carbons (Fsp3) is 0.368. The quantitative estimate of drug-likeness (QED) is 0.328. The van der Waals surface area contributed by atoms with Crippen LogP contribution < -0.4 is 0 Å². The molecule has 1 saturated carbocycles. The Bertz CT molecular complexity index is 900. The summed E-state index contributed by atoms with van der Waals surface area (Å²) >= 11 is 1.60. The highest BCUT2D eigenvalue weighted by Crippen LogP contribution is 2.36. The molecule has 0 bridgehead atoms. The Hall–Kier alpha value is -2.61. The molecule has 27 heavy (non-hydrogen) atoms. The van der Waals surface area contributed by atoms with Crippen molar-refractivity contribution < 1.29 is 9.34 Å². The van der Waals surface area contributed by atoms with Crippen molar-refractivity contribution in [3.63, 3.8) is 0 Å². The summed E-state index contributed by atoms with van der Waals surface area (Å²) in [5.74, 6) is 2.19. The number of aromatic nitrogens is 3. The zero-order valence-corrected chi connectivity index (χ0v) is 15.6. The minimum atomic E-state index is -0.383. The number of nitrogens with zero attached hydrogens (tertiary/aromatic N) is 4. The molecule has 140 valence electrons. The Labute approximate surface area is 160 Å². The van der Waals surface area contributed by atoms with Gasteiger partial charge in [0.25, 0.3) is 5.69 Å². The van der Waals surface area contributed by atoms with Gasteiger partial charge in [0.15, 0.2) is 10.9 Å². The van der Waals surface area contributed by atoms with E-state index in [0.29, 0.717) is 11.8 Å². The van der Waals surface area contributed by atoms with Gasteiger partial charge in [-0.1, -0.05) is 43.2 Å². The first kappa shape index (κ1) is 17.8. The summed E-state index contributed by atoms with van der Waals surface area (Å²) in [5, 5.41) is 20.5. The fourth-order valence-electron chi connectivity index (χ4n) is 3.48. The highest BCUT2D eigenvalue weighted by Gasteiger charge is 2.25. The maximum absolute atomic E-state index is 10.8. The van der Waals surface area contributed by atoms with Gasteiger partial charge in [0.2, 0.25) is 5.82 Å². The smallest absolute Gasteiger partial charge is 0.269 e. The summed E-state index contributed by atoms with van der Waals surface area (Å²) in [7, 11) is 0. The van der Waals surface area contributed by atoms with Gasteiger partial charge >= 0.3 is 0 Å². The largest absolute Gasteiger partial charge is 0.461 e. The Balaban J connectivity index is 1.57. The van der Waals surface area contributed by atoms with E-state index in [-0.39, 0.29) is 10.6 Å². The van der Waals surface area contributed by atoms with Crippen molar-refractivity contribution in [1.82, 2.24) is 14.8 Å².